The molecule has 0 saturated heterocycles. The van der Waals surface area contributed by atoms with Crippen molar-refractivity contribution in [3.05, 3.63) is 167 Å². The van der Waals surface area contributed by atoms with E-state index >= 15 is 0 Å². The van der Waals surface area contributed by atoms with Crippen LogP contribution < -0.4 is 0 Å². The number of aromatic nitrogens is 3. The summed E-state index contributed by atoms with van der Waals surface area (Å²) < 4.78 is 205. The molecule has 2 heterocycles. The number of hydrogen-bond acceptors (Lipinski definition) is 3. The second kappa shape index (κ2) is 18.3. The molecule has 2 aromatic heterocycles. The zero-order valence-corrected chi connectivity index (χ0v) is 40.0. The normalized spacial score (nSPS) is 19.1. The van der Waals surface area contributed by atoms with Gasteiger partial charge >= 0.3 is 0 Å². The van der Waals surface area contributed by atoms with E-state index < -0.39 is 110 Å². The van der Waals surface area contributed by atoms with Crippen LogP contribution in [0.15, 0.2) is 128 Å². The maximum atomic E-state index is 13.1. The summed E-state index contributed by atoms with van der Waals surface area (Å²) in [6, 6.07) is 35.2. The van der Waals surface area contributed by atoms with Crippen LogP contribution in [0.1, 0.15) is 166 Å². The maximum absolute atomic E-state index is 13.1. The first kappa shape index (κ1) is 26.7. The number of aryl methyl sites for hydroxylation is 1. The van der Waals surface area contributed by atoms with Crippen molar-refractivity contribution in [2.24, 2.45) is 0 Å². The molecule has 8 rings (SSSR count). The van der Waals surface area contributed by atoms with Crippen LogP contribution >= 0.6 is 0 Å². The molecule has 5 heteroatoms. The van der Waals surface area contributed by atoms with Gasteiger partial charge in [-0.15, -0.1) is 29.3 Å². The fourth-order valence-corrected chi connectivity index (χ4v) is 8.00. The van der Waals surface area contributed by atoms with Gasteiger partial charge in [-0.2, -0.15) is 0 Å². The average molecular weight is 1080 g/mol. The predicted molar refractivity (Wildman–Crippen MR) is 276 cm³/mol. The first-order valence-electron chi connectivity index (χ1n) is 32.7. The minimum absolute atomic E-state index is 0. The number of rotatable bonds is 8. The Morgan fingerprint density at radius 1 is 0.621 bits per heavy atom. The van der Waals surface area contributed by atoms with Gasteiger partial charge in [0.2, 0.25) is 0 Å². The number of aromatic hydroxyl groups is 1. The summed E-state index contributed by atoms with van der Waals surface area (Å²) in [4.78, 5) is 9.77. The van der Waals surface area contributed by atoms with Crippen LogP contribution in [-0.4, -0.2) is 19.6 Å². The molecule has 0 radical (unpaired) electrons. The first-order chi connectivity index (χ1) is 39.9. The summed E-state index contributed by atoms with van der Waals surface area (Å²) in [6.45, 7) is -15.8. The van der Waals surface area contributed by atoms with Gasteiger partial charge < -0.3 is 5.11 Å². The van der Waals surface area contributed by atoms with Gasteiger partial charge in [0.15, 0.2) is 0 Å². The van der Waals surface area contributed by atoms with E-state index in [9.17, 15) is 5.11 Å². The number of pyridine rings is 1. The molecule has 0 aliphatic heterocycles. The SMILES string of the molecule is [2H]C([2H])([2H])c1cc(-c2cc(C([2H])(C)C)cc(C([2H])(C)C)c2)ccc1-n1c(-c2cc(C(C([2H])([2H])[2H])(C([2H])([2H])[2H])C([2H])([2H])[2H])cc(C(C([2H])([2H])[2H])(C([2H])([2H])[2H])C([2H])([2H])[2H])c2O)nc2c(-c3[c-]c(-c4cc(-c5ccccc5)ccn4)cc(C(C)(C)C)c3)cccc21.[Pt]. The third-order valence-corrected chi connectivity index (χ3v) is 11.7. The number of phenols is 1. The van der Waals surface area contributed by atoms with E-state index in [2.05, 4.69) is 6.07 Å². The quantitative estimate of drug-likeness (QED) is 0.154. The smallest absolute Gasteiger partial charge is 0.148 e. The molecule has 8 aromatic rings. The van der Waals surface area contributed by atoms with Gasteiger partial charge in [0.05, 0.1) is 22.3 Å². The Hall–Kier alpha value is -5.57. The van der Waals surface area contributed by atoms with E-state index in [-0.39, 0.29) is 55.0 Å². The van der Waals surface area contributed by atoms with Gasteiger partial charge in [-0.25, -0.2) is 4.98 Å². The molecule has 0 bridgehead atoms. The van der Waals surface area contributed by atoms with E-state index in [1.54, 1.807) is 64.2 Å². The molecule has 6 aromatic carbocycles. The van der Waals surface area contributed by atoms with Crippen molar-refractivity contribution >= 4 is 11.0 Å². The summed E-state index contributed by atoms with van der Waals surface area (Å²) in [7, 11) is 0. The monoisotopic (exact) mass is 1070 g/mol. The van der Waals surface area contributed by atoms with E-state index in [1.165, 1.54) is 24.3 Å². The number of para-hydroxylation sites is 1. The van der Waals surface area contributed by atoms with Crippen LogP contribution in [0.3, 0.4) is 0 Å². The Morgan fingerprint density at radius 3 is 1.94 bits per heavy atom. The van der Waals surface area contributed by atoms with E-state index in [0.29, 0.717) is 39.6 Å². The molecule has 342 valence electrons. The summed E-state index contributed by atoms with van der Waals surface area (Å²) in [5.41, 5.74) is -8.00. The summed E-state index contributed by atoms with van der Waals surface area (Å²) in [5, 5.41) is 13.1. The van der Waals surface area contributed by atoms with Gasteiger partial charge in [0.1, 0.15) is 11.6 Å². The van der Waals surface area contributed by atoms with Crippen molar-refractivity contribution in [3.63, 3.8) is 0 Å². The molecular weight excluding hydrogens is 986 g/mol. The van der Waals surface area contributed by atoms with Crippen LogP contribution in [-0.2, 0) is 37.3 Å². The van der Waals surface area contributed by atoms with E-state index in [0.717, 1.165) is 21.3 Å². The molecule has 0 aliphatic rings. The van der Waals surface area contributed by atoms with Gasteiger partial charge in [-0.1, -0.05) is 180 Å². The van der Waals surface area contributed by atoms with Crippen LogP contribution in [0.5, 0.6) is 5.75 Å². The Kier molecular flexibility index (Phi) is 7.38. The van der Waals surface area contributed by atoms with Crippen molar-refractivity contribution in [3.8, 4) is 67.5 Å². The van der Waals surface area contributed by atoms with Crippen LogP contribution in [0.2, 0.25) is 0 Å². The molecule has 0 fully saturated rings. The first-order valence-corrected chi connectivity index (χ1v) is 21.2. The molecule has 0 unspecified atom stereocenters. The van der Waals surface area contributed by atoms with E-state index in [1.807, 2.05) is 75.4 Å². The summed E-state index contributed by atoms with van der Waals surface area (Å²) >= 11 is 0. The molecule has 0 aliphatic carbocycles. The third-order valence-electron chi connectivity index (χ3n) is 11.7. The number of fused-ring (bicyclic) bond motifs is 1. The standard InChI is InChI=1S/C61H66N3O.Pt/c1-37(2)43-28-44(38(3)4)30-45(29-43)41-23-24-54(39(5)27-41)64-55-22-18-21-50(56(55)63-58(64)51-35-49(60(9,10)11)36-52(57(51)65)61(12,13)14)46-31-47(33-48(32-46)59(6,7)8)53-34-42(25-26-62-53)40-19-16-15-17-20-40;/h15-30,32-38,65H,1-14H3;/q-1;/i5D3,9D3,10D3,11D3,12D3,13D3,14D3,37D,38D;. The van der Waals surface area contributed by atoms with Crippen LogP contribution in [0, 0.1) is 12.9 Å². The third kappa shape index (κ3) is 9.63. The molecule has 0 atom stereocenters. The number of phenolic OH excluding ortho intramolecular Hbond substituents is 1. The van der Waals surface area contributed by atoms with Crippen molar-refractivity contribution in [2.45, 2.75) is 124 Å². The topological polar surface area (TPSA) is 50.9 Å². The molecule has 0 saturated carbocycles. The van der Waals surface area contributed by atoms with Crippen molar-refractivity contribution < 1.29 is 57.7 Å². The number of benzene rings is 6. The minimum Gasteiger partial charge on any atom is -0.507 e. The van der Waals surface area contributed by atoms with Gasteiger partial charge in [-0.05, 0) is 110 Å². The fourth-order valence-electron chi connectivity index (χ4n) is 8.00. The van der Waals surface area contributed by atoms with Crippen molar-refractivity contribution in [1.82, 2.24) is 14.5 Å². The Balaban J connectivity index is 0.0000113. The van der Waals surface area contributed by atoms with Gasteiger partial charge in [-0.3, -0.25) is 9.55 Å². The number of hydrogen-bond donors (Lipinski definition) is 1. The average Bonchev–Trinajstić information content (AvgIpc) is 1.13. The molecule has 4 nitrogen and oxygen atoms in total. The number of nitrogens with zero attached hydrogens (tertiary/aromatic N) is 3. The predicted octanol–water partition coefficient (Wildman–Crippen LogP) is 16.7. The Bertz CT molecular complexity index is 3860. The zero-order valence-electron chi connectivity index (χ0n) is 60.7. The minimum atomic E-state index is -4.27. The fraction of sp³-hybridized carbons (Fsp3) is 0.311. The van der Waals surface area contributed by atoms with Crippen molar-refractivity contribution in [1.29, 1.82) is 0 Å². The second-order valence-corrected chi connectivity index (χ2v) is 18.1. The van der Waals surface area contributed by atoms with Crippen molar-refractivity contribution in [2.75, 3.05) is 0 Å². The molecule has 0 amide bonds. The van der Waals surface area contributed by atoms with Gasteiger partial charge in [0, 0.05) is 70.0 Å². The zero-order chi connectivity index (χ0) is 66.1. The largest absolute Gasteiger partial charge is 0.507 e. The summed E-state index contributed by atoms with van der Waals surface area (Å²) in [5.74, 6) is -4.64. The van der Waals surface area contributed by atoms with Gasteiger partial charge in [0.25, 0.3) is 0 Å². The second-order valence-electron chi connectivity index (χ2n) is 18.1. The van der Waals surface area contributed by atoms with E-state index in [4.69, 9.17) is 41.5 Å². The summed E-state index contributed by atoms with van der Waals surface area (Å²) in [6.07, 6.45) is 1.65. The Morgan fingerprint density at radius 2 is 1.29 bits per heavy atom. The number of imidazole rings is 1. The molecule has 1 N–H and O–H groups in total. The Labute approximate surface area is 441 Å². The molecular formula is C61H66N3OPt-. The van der Waals surface area contributed by atoms with Crippen LogP contribution in [0.25, 0.3) is 72.7 Å². The molecule has 66 heavy (non-hydrogen) atoms. The molecule has 0 spiro atoms. The maximum Gasteiger partial charge on any atom is 0.148 e. The van der Waals surface area contributed by atoms with Crippen LogP contribution in [0.4, 0.5) is 0 Å².